The smallest absolute Gasteiger partial charge is 0.205 e. The highest BCUT2D eigenvalue weighted by Gasteiger charge is 2.19. The zero-order chi connectivity index (χ0) is 14.0. The number of rotatable bonds is 4. The predicted molar refractivity (Wildman–Crippen MR) is 73.5 cm³/mol. The Morgan fingerprint density at radius 3 is 2.16 bits per heavy atom. The summed E-state index contributed by atoms with van der Waals surface area (Å²) < 4.78 is 16.1. The maximum Gasteiger partial charge on any atom is 0.205 e. The van der Waals surface area contributed by atoms with Crippen LogP contribution in [0.5, 0.6) is 17.2 Å². The quantitative estimate of drug-likeness (QED) is 0.837. The van der Waals surface area contributed by atoms with Gasteiger partial charge in [-0.25, -0.2) is 9.97 Å². The average Bonchev–Trinajstić information content (AvgIpc) is 2.43. The molecule has 0 aliphatic rings. The third-order valence-corrected chi connectivity index (χ3v) is 2.84. The lowest BCUT2D eigenvalue weighted by molar-refractivity contribution is 0.327. The third-order valence-electron chi connectivity index (χ3n) is 2.84. The van der Waals surface area contributed by atoms with Crippen LogP contribution in [0, 0.1) is 0 Å². The molecule has 1 aromatic carbocycles. The minimum Gasteiger partial charge on any atom is -0.493 e. The molecule has 0 saturated carbocycles. The van der Waals surface area contributed by atoms with Crippen molar-refractivity contribution in [2.24, 2.45) is 0 Å². The Balaban J connectivity index is 2.88. The molecule has 0 amide bonds. The van der Waals surface area contributed by atoms with Gasteiger partial charge in [0.2, 0.25) is 5.75 Å². The number of methoxy groups -OCH3 is 3. The van der Waals surface area contributed by atoms with Crippen LogP contribution in [0.4, 0.5) is 5.82 Å². The van der Waals surface area contributed by atoms with E-state index in [0.717, 1.165) is 11.2 Å². The highest BCUT2D eigenvalue weighted by atomic mass is 16.5. The molecule has 0 N–H and O–H groups in total. The van der Waals surface area contributed by atoms with E-state index in [0.29, 0.717) is 22.8 Å². The van der Waals surface area contributed by atoms with Gasteiger partial charge in [-0.15, -0.1) is 0 Å². The van der Waals surface area contributed by atoms with Gasteiger partial charge in [0, 0.05) is 14.1 Å². The van der Waals surface area contributed by atoms with Gasteiger partial charge >= 0.3 is 0 Å². The molecule has 0 bridgehead atoms. The molecule has 1 heterocycles. The van der Waals surface area contributed by atoms with Crippen LogP contribution >= 0.6 is 0 Å². The number of anilines is 1. The monoisotopic (exact) mass is 263 g/mol. The number of aromatic nitrogens is 2. The van der Waals surface area contributed by atoms with Crippen molar-refractivity contribution in [1.29, 1.82) is 0 Å². The fourth-order valence-corrected chi connectivity index (χ4v) is 2.01. The standard InChI is InChI=1S/C13H17N3O3/c1-16(2)13-8-6-9(17-3)11(18-4)12(19-5)10(8)14-7-15-13/h6-7H,1-5H3. The molecule has 0 saturated heterocycles. The van der Waals surface area contributed by atoms with Crippen molar-refractivity contribution >= 4 is 16.7 Å². The molecule has 0 unspecified atom stereocenters. The molecule has 0 radical (unpaired) electrons. The molecular formula is C13H17N3O3. The van der Waals surface area contributed by atoms with E-state index in [-0.39, 0.29) is 0 Å². The van der Waals surface area contributed by atoms with E-state index >= 15 is 0 Å². The molecule has 0 aliphatic carbocycles. The predicted octanol–water partition coefficient (Wildman–Crippen LogP) is 1.72. The molecule has 0 aliphatic heterocycles. The van der Waals surface area contributed by atoms with Crippen molar-refractivity contribution in [1.82, 2.24) is 9.97 Å². The number of nitrogens with zero attached hydrogens (tertiary/aromatic N) is 3. The van der Waals surface area contributed by atoms with Crippen molar-refractivity contribution in [2.75, 3.05) is 40.3 Å². The van der Waals surface area contributed by atoms with Gasteiger partial charge in [0.15, 0.2) is 11.5 Å². The summed E-state index contributed by atoms with van der Waals surface area (Å²) in [5, 5.41) is 0.849. The van der Waals surface area contributed by atoms with E-state index < -0.39 is 0 Å². The van der Waals surface area contributed by atoms with Gasteiger partial charge in [0.25, 0.3) is 0 Å². The number of ether oxygens (including phenoxy) is 3. The second kappa shape index (κ2) is 5.17. The van der Waals surface area contributed by atoms with E-state index in [9.17, 15) is 0 Å². The summed E-state index contributed by atoms with van der Waals surface area (Å²) in [4.78, 5) is 10.5. The van der Waals surface area contributed by atoms with Gasteiger partial charge in [-0.05, 0) is 6.07 Å². The molecule has 2 aromatic rings. The van der Waals surface area contributed by atoms with E-state index in [1.54, 1.807) is 21.3 Å². The van der Waals surface area contributed by atoms with Gasteiger partial charge in [0.05, 0.1) is 26.7 Å². The van der Waals surface area contributed by atoms with Crippen LogP contribution in [0.1, 0.15) is 0 Å². The van der Waals surface area contributed by atoms with Crippen molar-refractivity contribution < 1.29 is 14.2 Å². The van der Waals surface area contributed by atoms with Gasteiger partial charge in [-0.1, -0.05) is 0 Å². The first-order chi connectivity index (χ1) is 9.13. The molecule has 2 rings (SSSR count). The zero-order valence-corrected chi connectivity index (χ0v) is 11.7. The second-order valence-corrected chi connectivity index (χ2v) is 4.13. The number of hydrogen-bond acceptors (Lipinski definition) is 6. The summed E-state index contributed by atoms with van der Waals surface area (Å²) in [6.07, 6.45) is 1.51. The lowest BCUT2D eigenvalue weighted by Crippen LogP contribution is -2.11. The van der Waals surface area contributed by atoms with Crippen LogP contribution < -0.4 is 19.1 Å². The summed E-state index contributed by atoms with van der Waals surface area (Å²) >= 11 is 0. The molecule has 6 nitrogen and oxygen atoms in total. The molecule has 0 spiro atoms. The molecule has 6 heteroatoms. The van der Waals surface area contributed by atoms with E-state index in [4.69, 9.17) is 14.2 Å². The average molecular weight is 263 g/mol. The molecule has 102 valence electrons. The van der Waals surface area contributed by atoms with Gasteiger partial charge in [0.1, 0.15) is 17.7 Å². The first-order valence-electron chi connectivity index (χ1n) is 5.75. The minimum absolute atomic E-state index is 0.529. The summed E-state index contributed by atoms with van der Waals surface area (Å²) in [6, 6.07) is 1.85. The SMILES string of the molecule is COc1cc2c(N(C)C)ncnc2c(OC)c1OC. The topological polar surface area (TPSA) is 56.7 Å². The number of fused-ring (bicyclic) bond motifs is 1. The van der Waals surface area contributed by atoms with Crippen molar-refractivity contribution in [2.45, 2.75) is 0 Å². The first-order valence-corrected chi connectivity index (χ1v) is 5.75. The van der Waals surface area contributed by atoms with Crippen LogP contribution in [-0.4, -0.2) is 45.4 Å². The largest absolute Gasteiger partial charge is 0.493 e. The summed E-state index contributed by atoms with van der Waals surface area (Å²) in [7, 11) is 8.58. The van der Waals surface area contributed by atoms with Crippen LogP contribution in [0.25, 0.3) is 10.9 Å². The highest BCUT2D eigenvalue weighted by molar-refractivity contribution is 5.96. The van der Waals surface area contributed by atoms with Crippen LogP contribution in [0.2, 0.25) is 0 Å². The minimum atomic E-state index is 0.529. The van der Waals surface area contributed by atoms with E-state index in [1.807, 2.05) is 25.1 Å². The Kier molecular flexibility index (Phi) is 3.59. The van der Waals surface area contributed by atoms with E-state index in [1.165, 1.54) is 6.33 Å². The third kappa shape index (κ3) is 2.09. The fraction of sp³-hybridized carbons (Fsp3) is 0.385. The highest BCUT2D eigenvalue weighted by Crippen LogP contribution is 2.43. The maximum atomic E-state index is 5.41. The first kappa shape index (κ1) is 13.2. The lowest BCUT2D eigenvalue weighted by atomic mass is 10.1. The fourth-order valence-electron chi connectivity index (χ4n) is 2.01. The summed E-state index contributed by atoms with van der Waals surface area (Å²) in [5.41, 5.74) is 0.693. The maximum absolute atomic E-state index is 5.41. The Morgan fingerprint density at radius 2 is 1.63 bits per heavy atom. The van der Waals surface area contributed by atoms with E-state index in [2.05, 4.69) is 9.97 Å². The van der Waals surface area contributed by atoms with Crippen LogP contribution in [0.15, 0.2) is 12.4 Å². The Hall–Kier alpha value is -2.24. The summed E-state index contributed by atoms with van der Waals surface area (Å²) in [5.74, 6) is 2.46. The van der Waals surface area contributed by atoms with Crippen molar-refractivity contribution in [3.8, 4) is 17.2 Å². The normalized spacial score (nSPS) is 10.4. The Morgan fingerprint density at radius 1 is 0.947 bits per heavy atom. The molecular weight excluding hydrogens is 246 g/mol. The van der Waals surface area contributed by atoms with Crippen molar-refractivity contribution in [3.05, 3.63) is 12.4 Å². The lowest BCUT2D eigenvalue weighted by Gasteiger charge is -2.18. The zero-order valence-electron chi connectivity index (χ0n) is 11.7. The van der Waals surface area contributed by atoms with Crippen molar-refractivity contribution in [3.63, 3.8) is 0 Å². The number of hydrogen-bond donors (Lipinski definition) is 0. The molecule has 1 aromatic heterocycles. The van der Waals surface area contributed by atoms with Gasteiger partial charge in [-0.2, -0.15) is 0 Å². The molecule has 19 heavy (non-hydrogen) atoms. The molecule has 0 atom stereocenters. The summed E-state index contributed by atoms with van der Waals surface area (Å²) in [6.45, 7) is 0. The second-order valence-electron chi connectivity index (χ2n) is 4.13. The van der Waals surface area contributed by atoms with Crippen LogP contribution in [0.3, 0.4) is 0 Å². The van der Waals surface area contributed by atoms with Crippen LogP contribution in [-0.2, 0) is 0 Å². The Bertz CT molecular complexity index is 599. The number of benzene rings is 1. The Labute approximate surface area is 111 Å². The van der Waals surface area contributed by atoms with Gasteiger partial charge in [-0.3, -0.25) is 0 Å². The molecule has 0 fully saturated rings. The van der Waals surface area contributed by atoms with Gasteiger partial charge < -0.3 is 19.1 Å².